The Balaban J connectivity index is 1.54. The average Bonchev–Trinajstić information content (AvgIpc) is 3.14. The van der Waals surface area contributed by atoms with Gasteiger partial charge in [-0.15, -0.1) is 11.3 Å². The van der Waals surface area contributed by atoms with E-state index in [0.29, 0.717) is 22.1 Å². The molecule has 6 nitrogen and oxygen atoms in total. The van der Waals surface area contributed by atoms with Crippen LogP contribution in [0.1, 0.15) is 21.6 Å². The second-order valence-corrected chi connectivity index (χ2v) is 6.84. The molecule has 29 heavy (non-hydrogen) atoms. The summed E-state index contributed by atoms with van der Waals surface area (Å²) in [5, 5.41) is 7.09. The summed E-state index contributed by atoms with van der Waals surface area (Å²) in [6.07, 6.45) is -0.0784. The van der Waals surface area contributed by atoms with Crippen molar-refractivity contribution in [1.82, 2.24) is 10.3 Å². The third-order valence-electron chi connectivity index (χ3n) is 3.99. The fourth-order valence-electron chi connectivity index (χ4n) is 2.47. The van der Waals surface area contributed by atoms with Crippen LogP contribution >= 0.6 is 11.3 Å². The summed E-state index contributed by atoms with van der Waals surface area (Å²) in [4.78, 5) is 28.5. The number of anilines is 1. The van der Waals surface area contributed by atoms with Crippen LogP contribution in [0.2, 0.25) is 0 Å². The van der Waals surface area contributed by atoms with Crippen LogP contribution in [0.3, 0.4) is 0 Å². The summed E-state index contributed by atoms with van der Waals surface area (Å²) >= 11 is 1.17. The molecule has 3 aromatic rings. The molecule has 2 N–H and O–H groups in total. The summed E-state index contributed by atoms with van der Waals surface area (Å²) in [6.45, 7) is -0.261. The van der Waals surface area contributed by atoms with E-state index in [2.05, 4.69) is 15.6 Å². The first-order chi connectivity index (χ1) is 14.0. The van der Waals surface area contributed by atoms with E-state index in [9.17, 15) is 18.4 Å². The van der Waals surface area contributed by atoms with Crippen molar-refractivity contribution in [2.24, 2.45) is 0 Å². The van der Waals surface area contributed by atoms with Gasteiger partial charge in [-0.3, -0.25) is 14.9 Å². The molecule has 0 fully saturated rings. The Bertz CT molecular complexity index is 1000. The maximum Gasteiger partial charge on any atom is 0.257 e. The molecule has 9 heteroatoms. The molecule has 0 spiro atoms. The van der Waals surface area contributed by atoms with E-state index in [1.807, 2.05) is 0 Å². The number of carbonyl (C=O) groups excluding carboxylic acids is 2. The summed E-state index contributed by atoms with van der Waals surface area (Å²) in [7, 11) is 1.54. The lowest BCUT2D eigenvalue weighted by atomic mass is 10.2. The van der Waals surface area contributed by atoms with E-state index in [4.69, 9.17) is 4.74 Å². The normalized spacial score (nSPS) is 10.4. The van der Waals surface area contributed by atoms with Gasteiger partial charge in [-0.05, 0) is 36.4 Å². The number of nitrogens with zero attached hydrogens (tertiary/aromatic N) is 1. The Morgan fingerprint density at radius 3 is 2.45 bits per heavy atom. The second kappa shape index (κ2) is 9.24. The monoisotopic (exact) mass is 417 g/mol. The molecule has 0 radical (unpaired) electrons. The Morgan fingerprint density at radius 2 is 1.79 bits per heavy atom. The number of thiazole rings is 1. The molecule has 1 heterocycles. The molecule has 2 aromatic carbocycles. The van der Waals surface area contributed by atoms with Gasteiger partial charge in [0.05, 0.1) is 19.2 Å². The highest BCUT2D eigenvalue weighted by atomic mass is 32.1. The zero-order valence-corrected chi connectivity index (χ0v) is 16.2. The molecule has 0 saturated heterocycles. The molecule has 0 bridgehead atoms. The SMILES string of the molecule is COc1ccc(C(=O)Nc2nc(CC(=O)NCc3c(F)cccc3F)cs2)cc1. The molecule has 0 saturated carbocycles. The van der Waals surface area contributed by atoms with Crippen LogP contribution in [0.15, 0.2) is 47.8 Å². The minimum atomic E-state index is -0.720. The lowest BCUT2D eigenvalue weighted by molar-refractivity contribution is -0.120. The number of rotatable bonds is 7. The summed E-state index contributed by atoms with van der Waals surface area (Å²) in [5.74, 6) is -1.58. The lowest BCUT2D eigenvalue weighted by Crippen LogP contribution is -2.25. The van der Waals surface area contributed by atoms with Gasteiger partial charge in [0.1, 0.15) is 17.4 Å². The number of nitrogens with one attached hydrogen (secondary N) is 2. The summed E-state index contributed by atoms with van der Waals surface area (Å²) in [5.41, 5.74) is 0.672. The van der Waals surface area contributed by atoms with Gasteiger partial charge in [-0.1, -0.05) is 6.07 Å². The predicted octanol–water partition coefficient (Wildman–Crippen LogP) is 3.54. The molecule has 0 aliphatic rings. The first-order valence-corrected chi connectivity index (χ1v) is 9.43. The molecule has 2 amide bonds. The minimum Gasteiger partial charge on any atom is -0.497 e. The Kier molecular flexibility index (Phi) is 6.50. The predicted molar refractivity (Wildman–Crippen MR) is 105 cm³/mol. The summed E-state index contributed by atoms with van der Waals surface area (Å²) in [6, 6.07) is 10.1. The number of ether oxygens (including phenoxy) is 1. The van der Waals surface area contributed by atoms with E-state index in [0.717, 1.165) is 12.1 Å². The van der Waals surface area contributed by atoms with Crippen molar-refractivity contribution in [2.75, 3.05) is 12.4 Å². The minimum absolute atomic E-state index is 0.0784. The Morgan fingerprint density at radius 1 is 1.10 bits per heavy atom. The summed E-state index contributed by atoms with van der Waals surface area (Å²) < 4.78 is 32.2. The van der Waals surface area contributed by atoms with Crippen LogP contribution in [-0.2, 0) is 17.8 Å². The van der Waals surface area contributed by atoms with E-state index < -0.39 is 17.5 Å². The van der Waals surface area contributed by atoms with Crippen LogP contribution < -0.4 is 15.4 Å². The van der Waals surface area contributed by atoms with Crippen LogP contribution in [-0.4, -0.2) is 23.9 Å². The topological polar surface area (TPSA) is 80.3 Å². The van der Waals surface area contributed by atoms with Crippen molar-refractivity contribution >= 4 is 28.3 Å². The van der Waals surface area contributed by atoms with Crippen LogP contribution in [0, 0.1) is 11.6 Å². The van der Waals surface area contributed by atoms with Crippen molar-refractivity contribution in [2.45, 2.75) is 13.0 Å². The largest absolute Gasteiger partial charge is 0.497 e. The van der Waals surface area contributed by atoms with Crippen molar-refractivity contribution < 1.29 is 23.1 Å². The third-order valence-corrected chi connectivity index (χ3v) is 4.80. The Labute approximate surface area is 169 Å². The van der Waals surface area contributed by atoms with Gasteiger partial charge < -0.3 is 10.1 Å². The van der Waals surface area contributed by atoms with Gasteiger partial charge in [0.2, 0.25) is 5.91 Å². The third kappa shape index (κ3) is 5.35. The number of hydrogen-bond donors (Lipinski definition) is 2. The van der Waals surface area contributed by atoms with Crippen LogP contribution in [0.25, 0.3) is 0 Å². The van der Waals surface area contributed by atoms with Gasteiger partial charge in [-0.2, -0.15) is 0 Å². The number of methoxy groups -OCH3 is 1. The van der Waals surface area contributed by atoms with Gasteiger partial charge in [0.25, 0.3) is 5.91 Å². The number of carbonyl (C=O) groups is 2. The highest BCUT2D eigenvalue weighted by Crippen LogP contribution is 2.18. The van der Waals surface area contributed by atoms with Gasteiger partial charge in [0.15, 0.2) is 5.13 Å². The van der Waals surface area contributed by atoms with E-state index >= 15 is 0 Å². The van der Waals surface area contributed by atoms with Gasteiger partial charge >= 0.3 is 0 Å². The van der Waals surface area contributed by atoms with E-state index in [-0.39, 0.29) is 24.4 Å². The first-order valence-electron chi connectivity index (χ1n) is 8.55. The highest BCUT2D eigenvalue weighted by molar-refractivity contribution is 7.14. The van der Waals surface area contributed by atoms with Crippen LogP contribution in [0.5, 0.6) is 5.75 Å². The standard InChI is InChI=1S/C20H17F2N3O3S/c1-28-14-7-5-12(6-8-14)19(27)25-20-24-13(11-29-20)9-18(26)23-10-15-16(21)3-2-4-17(15)22/h2-8,11H,9-10H2,1H3,(H,23,26)(H,24,25,27). The van der Waals surface area contributed by atoms with Crippen molar-refractivity contribution in [3.63, 3.8) is 0 Å². The van der Waals surface area contributed by atoms with Gasteiger partial charge in [0, 0.05) is 23.1 Å². The number of hydrogen-bond acceptors (Lipinski definition) is 5. The van der Waals surface area contributed by atoms with Crippen molar-refractivity contribution in [3.05, 3.63) is 76.3 Å². The maximum absolute atomic E-state index is 13.6. The zero-order chi connectivity index (χ0) is 20.8. The quantitative estimate of drug-likeness (QED) is 0.616. The van der Waals surface area contributed by atoms with Crippen LogP contribution in [0.4, 0.5) is 13.9 Å². The number of amides is 2. The lowest BCUT2D eigenvalue weighted by Gasteiger charge is -2.06. The number of aromatic nitrogens is 1. The van der Waals surface area contributed by atoms with E-state index in [1.165, 1.54) is 24.5 Å². The zero-order valence-electron chi connectivity index (χ0n) is 15.4. The molecule has 0 unspecified atom stereocenters. The smallest absolute Gasteiger partial charge is 0.257 e. The molecule has 3 rings (SSSR count). The van der Waals surface area contributed by atoms with Crippen molar-refractivity contribution in [1.29, 1.82) is 0 Å². The first kappa shape index (κ1) is 20.4. The molecule has 150 valence electrons. The number of halogens is 2. The Hall–Kier alpha value is -3.33. The number of benzene rings is 2. The fraction of sp³-hybridized carbons (Fsp3) is 0.150. The van der Waals surface area contributed by atoms with Crippen molar-refractivity contribution in [3.8, 4) is 5.75 Å². The molecule has 1 aromatic heterocycles. The maximum atomic E-state index is 13.6. The molecule has 0 aliphatic carbocycles. The highest BCUT2D eigenvalue weighted by Gasteiger charge is 2.13. The van der Waals surface area contributed by atoms with E-state index in [1.54, 1.807) is 29.6 Å². The fourth-order valence-corrected chi connectivity index (χ4v) is 3.18. The molecular weight excluding hydrogens is 400 g/mol. The molecular formula is C20H17F2N3O3S. The molecule has 0 aliphatic heterocycles. The molecule has 0 atom stereocenters. The van der Waals surface area contributed by atoms with Gasteiger partial charge in [-0.25, -0.2) is 13.8 Å². The second-order valence-electron chi connectivity index (χ2n) is 5.98. The average molecular weight is 417 g/mol.